The average Bonchev–Trinajstić information content (AvgIpc) is 2.95. The molecule has 2 atom stereocenters. The van der Waals surface area contributed by atoms with Crippen molar-refractivity contribution in [3.8, 4) is 0 Å². The first kappa shape index (κ1) is 17.0. The molecule has 3 nitrogen and oxygen atoms in total. The predicted octanol–water partition coefficient (Wildman–Crippen LogP) is 4.05. The minimum atomic E-state index is -5.64. The number of carbonyl (C=O) groups excluding carboxylic acids is 1. The van der Waals surface area contributed by atoms with Crippen LogP contribution in [-0.4, -0.2) is 41.5 Å². The molecule has 2 unspecified atom stereocenters. The molecular weight excluding hydrogens is 316 g/mol. The van der Waals surface area contributed by atoms with E-state index in [1.165, 1.54) is 6.08 Å². The van der Waals surface area contributed by atoms with Crippen LogP contribution in [0.3, 0.4) is 0 Å². The largest absolute Gasteiger partial charge is 0.449 e. The van der Waals surface area contributed by atoms with E-state index in [1.807, 2.05) is 0 Å². The molecule has 2 rings (SSSR count). The Morgan fingerprint density at radius 3 is 2.32 bits per heavy atom. The minimum Gasteiger partial charge on any atom is -0.449 e. The van der Waals surface area contributed by atoms with Gasteiger partial charge in [0.2, 0.25) is 5.54 Å². The van der Waals surface area contributed by atoms with Crippen molar-refractivity contribution < 1.29 is 35.9 Å². The van der Waals surface area contributed by atoms with Gasteiger partial charge in [0.15, 0.2) is 0 Å². The third kappa shape index (κ3) is 2.25. The highest BCUT2D eigenvalue weighted by atomic mass is 19.4. The monoisotopic (exact) mass is 331 g/mol. The van der Waals surface area contributed by atoms with Gasteiger partial charge in [-0.3, -0.25) is 4.90 Å². The third-order valence-corrected chi connectivity index (χ3v) is 4.09. The van der Waals surface area contributed by atoms with Gasteiger partial charge in [-0.25, -0.2) is 4.79 Å². The van der Waals surface area contributed by atoms with Crippen LogP contribution in [0.2, 0.25) is 0 Å². The molecule has 1 fully saturated rings. The molecule has 22 heavy (non-hydrogen) atoms. The topological polar surface area (TPSA) is 29.5 Å². The number of amides is 1. The highest BCUT2D eigenvalue weighted by Crippen LogP contribution is 2.60. The number of likely N-dealkylation sites (tertiary alicyclic amines) is 1. The van der Waals surface area contributed by atoms with E-state index in [4.69, 9.17) is 0 Å². The van der Waals surface area contributed by atoms with Crippen LogP contribution in [0.15, 0.2) is 12.2 Å². The van der Waals surface area contributed by atoms with Crippen LogP contribution in [0.5, 0.6) is 0 Å². The second-order valence-electron chi connectivity index (χ2n) is 5.39. The van der Waals surface area contributed by atoms with Crippen LogP contribution in [0.4, 0.5) is 31.1 Å². The molecule has 1 amide bonds. The number of rotatable bonds is 3. The molecule has 2 bridgehead atoms. The molecule has 2 aliphatic rings. The summed E-state index contributed by atoms with van der Waals surface area (Å²) in [7, 11) is 0. The molecule has 1 aliphatic heterocycles. The van der Waals surface area contributed by atoms with Crippen LogP contribution >= 0.6 is 0 Å². The first-order valence-corrected chi connectivity index (χ1v) is 6.85. The molecule has 9 heteroatoms. The zero-order valence-electron chi connectivity index (χ0n) is 11.7. The average molecular weight is 331 g/mol. The maximum Gasteiger partial charge on any atom is 0.421 e. The zero-order valence-corrected chi connectivity index (χ0v) is 11.7. The molecule has 1 heterocycles. The summed E-state index contributed by atoms with van der Waals surface area (Å²) in [5, 5.41) is 0. The van der Waals surface area contributed by atoms with Crippen molar-refractivity contribution in [3.63, 3.8) is 0 Å². The molecule has 126 valence electrons. The number of ether oxygens (including phenoxy) is 1. The van der Waals surface area contributed by atoms with Crippen molar-refractivity contribution in [1.82, 2.24) is 4.90 Å². The molecule has 0 spiro atoms. The number of halogens is 6. The van der Waals surface area contributed by atoms with Crippen molar-refractivity contribution >= 4 is 6.09 Å². The molecular formula is C13H15F6NO2. The summed E-state index contributed by atoms with van der Waals surface area (Å²) in [6.07, 6.45) is -10.2. The van der Waals surface area contributed by atoms with E-state index in [0.29, 0.717) is 12.8 Å². The second kappa shape index (κ2) is 5.34. The van der Waals surface area contributed by atoms with E-state index >= 15 is 0 Å². The lowest BCUT2D eigenvalue weighted by Gasteiger charge is -2.45. The number of hydrogen-bond donors (Lipinski definition) is 0. The Bertz CT molecular complexity index is 456. The highest BCUT2D eigenvalue weighted by molar-refractivity contribution is 5.71. The van der Waals surface area contributed by atoms with Gasteiger partial charge in [0, 0.05) is 5.92 Å². The van der Waals surface area contributed by atoms with Crippen molar-refractivity contribution in [1.29, 1.82) is 0 Å². The fraction of sp³-hybridized carbons (Fsp3) is 0.769. The van der Waals surface area contributed by atoms with Gasteiger partial charge in [-0.1, -0.05) is 25.5 Å². The molecule has 1 saturated heterocycles. The summed E-state index contributed by atoms with van der Waals surface area (Å²) in [4.78, 5) is 11.7. The van der Waals surface area contributed by atoms with Crippen molar-refractivity contribution in [2.24, 2.45) is 5.92 Å². The van der Waals surface area contributed by atoms with Gasteiger partial charge in [-0.05, 0) is 12.8 Å². The van der Waals surface area contributed by atoms with Gasteiger partial charge in [0.05, 0.1) is 12.6 Å². The van der Waals surface area contributed by atoms with Crippen LogP contribution in [0.1, 0.15) is 26.2 Å². The number of carbonyl (C=O) groups is 1. The van der Waals surface area contributed by atoms with Crippen LogP contribution in [0, 0.1) is 5.92 Å². The lowest BCUT2D eigenvalue weighted by atomic mass is 9.83. The molecule has 1 aliphatic carbocycles. The van der Waals surface area contributed by atoms with Gasteiger partial charge in [0.25, 0.3) is 0 Å². The Balaban J connectivity index is 2.41. The fourth-order valence-electron chi connectivity index (χ4n) is 3.13. The van der Waals surface area contributed by atoms with Gasteiger partial charge in [0.1, 0.15) is 0 Å². The van der Waals surface area contributed by atoms with Gasteiger partial charge >= 0.3 is 18.4 Å². The predicted molar refractivity (Wildman–Crippen MR) is 64.0 cm³/mol. The number of fused-ring (bicyclic) bond motifs is 2. The van der Waals surface area contributed by atoms with Gasteiger partial charge < -0.3 is 4.74 Å². The van der Waals surface area contributed by atoms with E-state index in [1.54, 1.807) is 6.92 Å². The molecule has 0 aromatic carbocycles. The number of unbranched alkanes of at least 4 members (excludes halogenated alkanes) is 1. The van der Waals surface area contributed by atoms with Crippen molar-refractivity contribution in [2.45, 2.75) is 50.1 Å². The third-order valence-electron chi connectivity index (χ3n) is 4.09. The molecule has 0 saturated carbocycles. The molecule has 0 aromatic rings. The summed E-state index contributed by atoms with van der Waals surface area (Å²) in [6.45, 7) is 1.54. The normalized spacial score (nSPS) is 26.6. The Morgan fingerprint density at radius 1 is 1.23 bits per heavy atom. The molecule has 0 radical (unpaired) electrons. The van der Waals surface area contributed by atoms with Crippen LogP contribution in [-0.2, 0) is 4.74 Å². The van der Waals surface area contributed by atoms with E-state index in [2.05, 4.69) is 4.74 Å². The lowest BCUT2D eigenvalue weighted by Crippen LogP contribution is -2.70. The summed E-state index contributed by atoms with van der Waals surface area (Å²) < 4.78 is 84.8. The quantitative estimate of drug-likeness (QED) is 0.444. The Kier molecular flexibility index (Phi) is 4.12. The standard InChI is InChI=1S/C13H15F6NO2/c1-2-3-6-22-10(21)20-9-5-4-8(7-9)11(20,12(14,15)16)13(17,18)19/h4-5,8-9H,2-3,6-7H2,1H3. The second-order valence-corrected chi connectivity index (χ2v) is 5.39. The Hall–Kier alpha value is -1.41. The van der Waals surface area contributed by atoms with Gasteiger partial charge in [-0.15, -0.1) is 0 Å². The summed E-state index contributed by atoms with van der Waals surface area (Å²) >= 11 is 0. The lowest BCUT2D eigenvalue weighted by molar-refractivity contribution is -0.337. The maximum atomic E-state index is 13.4. The van der Waals surface area contributed by atoms with E-state index in [0.717, 1.165) is 6.08 Å². The number of nitrogens with zero attached hydrogens (tertiary/aromatic N) is 1. The summed E-state index contributed by atoms with van der Waals surface area (Å²) in [5.41, 5.74) is -4.21. The zero-order chi connectivity index (χ0) is 16.8. The fourth-order valence-corrected chi connectivity index (χ4v) is 3.13. The Labute approximate surface area is 122 Å². The first-order valence-electron chi connectivity index (χ1n) is 6.85. The number of hydrogen-bond acceptors (Lipinski definition) is 2. The van der Waals surface area contributed by atoms with Crippen LogP contribution in [0.25, 0.3) is 0 Å². The minimum absolute atomic E-state index is 0.173. The molecule has 0 N–H and O–H groups in total. The molecule has 0 aromatic heterocycles. The first-order chi connectivity index (χ1) is 10.1. The highest BCUT2D eigenvalue weighted by Gasteiger charge is 2.82. The van der Waals surface area contributed by atoms with E-state index in [-0.39, 0.29) is 11.5 Å². The smallest absolute Gasteiger partial charge is 0.421 e. The summed E-state index contributed by atoms with van der Waals surface area (Å²) in [6, 6.07) is -1.25. The van der Waals surface area contributed by atoms with Crippen molar-refractivity contribution in [3.05, 3.63) is 12.2 Å². The summed E-state index contributed by atoms with van der Waals surface area (Å²) in [5.74, 6) is -1.84. The van der Waals surface area contributed by atoms with E-state index in [9.17, 15) is 31.1 Å². The van der Waals surface area contributed by atoms with Gasteiger partial charge in [-0.2, -0.15) is 26.3 Å². The van der Waals surface area contributed by atoms with Crippen molar-refractivity contribution in [2.75, 3.05) is 6.61 Å². The van der Waals surface area contributed by atoms with Crippen LogP contribution < -0.4 is 0 Å². The number of alkyl halides is 6. The Morgan fingerprint density at radius 2 is 1.82 bits per heavy atom. The SMILES string of the molecule is CCCCOC(=O)N1C2C=CC(C2)C1(C(F)(F)F)C(F)(F)F. The van der Waals surface area contributed by atoms with E-state index < -0.39 is 42.4 Å². The maximum absolute atomic E-state index is 13.4.